The highest BCUT2D eigenvalue weighted by Gasteiger charge is 2.23. The molecule has 178 valence electrons. The monoisotopic (exact) mass is 478 g/mol. The molecule has 1 aromatic carbocycles. The number of fused-ring (bicyclic) bond motifs is 3. The molecule has 0 saturated carbocycles. The van der Waals surface area contributed by atoms with Crippen molar-refractivity contribution in [2.75, 3.05) is 26.2 Å². The zero-order valence-electron chi connectivity index (χ0n) is 19.7. The maximum Gasteiger partial charge on any atom is 0.272 e. The molecule has 5 rings (SSSR count). The van der Waals surface area contributed by atoms with Crippen LogP contribution in [0.4, 0.5) is 0 Å². The summed E-state index contributed by atoms with van der Waals surface area (Å²) >= 11 is 1.44. The van der Waals surface area contributed by atoms with Gasteiger partial charge in [-0.1, -0.05) is 44.2 Å². The molecule has 0 radical (unpaired) electrons. The SMILES string of the molecule is CC(C)Cn1c(=O)c2sccc2n2c(CCC(=O)N3CCN(Cc4ccccc4)CC3)nnc12. The number of hydrogen-bond donors (Lipinski definition) is 0. The Labute approximate surface area is 202 Å². The third kappa shape index (κ3) is 4.50. The normalized spacial score (nSPS) is 15.1. The number of benzene rings is 1. The van der Waals surface area contributed by atoms with Crippen molar-refractivity contribution in [1.82, 2.24) is 29.0 Å². The average Bonchev–Trinajstić information content (AvgIpc) is 3.48. The molecule has 0 atom stereocenters. The molecule has 3 aromatic heterocycles. The summed E-state index contributed by atoms with van der Waals surface area (Å²) < 4.78 is 4.38. The average molecular weight is 479 g/mol. The Bertz CT molecular complexity index is 1350. The van der Waals surface area contributed by atoms with Crippen molar-refractivity contribution in [2.45, 2.75) is 39.8 Å². The highest BCUT2D eigenvalue weighted by Crippen LogP contribution is 2.21. The zero-order chi connectivity index (χ0) is 23.7. The van der Waals surface area contributed by atoms with E-state index in [1.807, 2.05) is 26.8 Å². The third-order valence-corrected chi connectivity index (χ3v) is 7.25. The van der Waals surface area contributed by atoms with E-state index in [1.165, 1.54) is 16.9 Å². The first-order valence-electron chi connectivity index (χ1n) is 11.9. The summed E-state index contributed by atoms with van der Waals surface area (Å²) in [5.74, 6) is 1.74. The molecule has 4 aromatic rings. The fraction of sp³-hybridized carbons (Fsp3) is 0.440. The lowest BCUT2D eigenvalue weighted by Gasteiger charge is -2.34. The number of carbonyl (C=O) groups excluding carboxylic acids is 1. The van der Waals surface area contributed by atoms with E-state index < -0.39 is 0 Å². The molecule has 0 N–H and O–H groups in total. The first-order chi connectivity index (χ1) is 16.5. The molecule has 0 spiro atoms. The molecular weight excluding hydrogens is 448 g/mol. The summed E-state index contributed by atoms with van der Waals surface area (Å²) in [5.41, 5.74) is 2.11. The van der Waals surface area contributed by atoms with Gasteiger partial charge in [0.2, 0.25) is 11.7 Å². The fourth-order valence-corrected chi connectivity index (χ4v) is 5.47. The van der Waals surface area contributed by atoms with Crippen LogP contribution in [-0.4, -0.2) is 61.1 Å². The van der Waals surface area contributed by atoms with E-state index >= 15 is 0 Å². The van der Waals surface area contributed by atoms with Crippen LogP contribution in [0, 0.1) is 5.92 Å². The Balaban J connectivity index is 1.27. The number of nitrogens with zero attached hydrogens (tertiary/aromatic N) is 6. The third-order valence-electron chi connectivity index (χ3n) is 6.36. The van der Waals surface area contributed by atoms with Gasteiger partial charge in [0.05, 0.1) is 5.52 Å². The van der Waals surface area contributed by atoms with Gasteiger partial charge in [0.1, 0.15) is 10.5 Å². The van der Waals surface area contributed by atoms with E-state index in [0.717, 1.165) is 44.1 Å². The van der Waals surface area contributed by atoms with Gasteiger partial charge in [-0.2, -0.15) is 0 Å². The van der Waals surface area contributed by atoms with Gasteiger partial charge in [-0.15, -0.1) is 21.5 Å². The molecule has 0 bridgehead atoms. The lowest BCUT2D eigenvalue weighted by atomic mass is 10.2. The summed E-state index contributed by atoms with van der Waals surface area (Å²) in [6.45, 7) is 8.92. The van der Waals surface area contributed by atoms with E-state index in [4.69, 9.17) is 0 Å². The minimum atomic E-state index is -0.0189. The van der Waals surface area contributed by atoms with E-state index in [2.05, 4.69) is 53.2 Å². The topological polar surface area (TPSA) is 75.7 Å². The van der Waals surface area contributed by atoms with Crippen LogP contribution < -0.4 is 5.56 Å². The summed E-state index contributed by atoms with van der Waals surface area (Å²) in [5, 5.41) is 10.7. The van der Waals surface area contributed by atoms with E-state index in [1.54, 1.807) is 4.57 Å². The first-order valence-corrected chi connectivity index (χ1v) is 12.8. The quantitative estimate of drug-likeness (QED) is 0.408. The second-order valence-electron chi connectivity index (χ2n) is 9.34. The molecule has 1 fully saturated rings. The van der Waals surface area contributed by atoms with Gasteiger partial charge in [0.25, 0.3) is 5.56 Å². The van der Waals surface area contributed by atoms with Crippen molar-refractivity contribution in [3.8, 4) is 0 Å². The Morgan fingerprint density at radius 3 is 2.56 bits per heavy atom. The molecule has 34 heavy (non-hydrogen) atoms. The van der Waals surface area contributed by atoms with E-state index in [9.17, 15) is 9.59 Å². The Morgan fingerprint density at radius 2 is 1.82 bits per heavy atom. The summed E-state index contributed by atoms with van der Waals surface area (Å²) in [6.07, 6.45) is 0.878. The number of piperazine rings is 1. The van der Waals surface area contributed by atoms with Crippen LogP contribution in [-0.2, 0) is 24.3 Å². The fourth-order valence-electron chi connectivity index (χ4n) is 4.65. The lowest BCUT2D eigenvalue weighted by Crippen LogP contribution is -2.48. The summed E-state index contributed by atoms with van der Waals surface area (Å²) in [7, 11) is 0. The van der Waals surface area contributed by atoms with Gasteiger partial charge in [0.15, 0.2) is 0 Å². The van der Waals surface area contributed by atoms with Gasteiger partial charge in [-0.3, -0.25) is 23.5 Å². The van der Waals surface area contributed by atoms with E-state index in [-0.39, 0.29) is 11.5 Å². The largest absolute Gasteiger partial charge is 0.340 e. The van der Waals surface area contributed by atoms with Crippen molar-refractivity contribution in [3.05, 3.63) is 63.5 Å². The van der Waals surface area contributed by atoms with Crippen molar-refractivity contribution in [3.63, 3.8) is 0 Å². The van der Waals surface area contributed by atoms with Crippen molar-refractivity contribution in [2.24, 2.45) is 5.92 Å². The van der Waals surface area contributed by atoms with Gasteiger partial charge in [-0.05, 0) is 22.9 Å². The molecular formula is C25H30N6O2S. The molecule has 9 heteroatoms. The minimum absolute atomic E-state index is 0.0189. The number of hydrogen-bond acceptors (Lipinski definition) is 6. The second kappa shape index (κ2) is 9.68. The first kappa shape index (κ1) is 22.7. The maximum atomic E-state index is 13.0. The molecule has 8 nitrogen and oxygen atoms in total. The van der Waals surface area contributed by atoms with Crippen molar-refractivity contribution < 1.29 is 4.79 Å². The second-order valence-corrected chi connectivity index (χ2v) is 10.3. The minimum Gasteiger partial charge on any atom is -0.340 e. The van der Waals surface area contributed by atoms with Crippen LogP contribution in [0.3, 0.4) is 0 Å². The smallest absolute Gasteiger partial charge is 0.272 e. The number of amides is 1. The van der Waals surface area contributed by atoms with Crippen molar-refractivity contribution >= 4 is 33.2 Å². The van der Waals surface area contributed by atoms with Gasteiger partial charge < -0.3 is 4.90 Å². The Hall–Kier alpha value is -3.04. The molecule has 4 heterocycles. The van der Waals surface area contributed by atoms with Crippen LogP contribution in [0.5, 0.6) is 0 Å². The summed E-state index contributed by atoms with van der Waals surface area (Å²) in [4.78, 5) is 30.3. The Morgan fingerprint density at radius 1 is 1.06 bits per heavy atom. The molecule has 0 aliphatic carbocycles. The van der Waals surface area contributed by atoms with Crippen molar-refractivity contribution in [1.29, 1.82) is 0 Å². The zero-order valence-corrected chi connectivity index (χ0v) is 20.5. The molecule has 0 unspecified atom stereocenters. The van der Waals surface area contributed by atoms with Gasteiger partial charge >= 0.3 is 0 Å². The van der Waals surface area contributed by atoms with Crippen LogP contribution in [0.2, 0.25) is 0 Å². The predicted octanol–water partition coefficient (Wildman–Crippen LogP) is 3.04. The van der Waals surface area contributed by atoms with Crippen LogP contribution in [0.1, 0.15) is 31.7 Å². The number of rotatable bonds is 7. The van der Waals surface area contributed by atoms with Crippen LogP contribution in [0.15, 0.2) is 46.6 Å². The number of aromatic nitrogens is 4. The number of carbonyl (C=O) groups is 1. The number of thiophene rings is 1. The maximum absolute atomic E-state index is 13.0. The summed E-state index contributed by atoms with van der Waals surface area (Å²) in [6, 6.07) is 12.4. The Kier molecular flexibility index (Phi) is 6.47. The molecule has 1 saturated heterocycles. The van der Waals surface area contributed by atoms with Crippen LogP contribution in [0.25, 0.3) is 16.0 Å². The van der Waals surface area contributed by atoms with E-state index in [0.29, 0.717) is 35.8 Å². The highest BCUT2D eigenvalue weighted by molar-refractivity contribution is 7.17. The molecule has 1 aliphatic heterocycles. The molecule has 1 aliphatic rings. The predicted molar refractivity (Wildman–Crippen MR) is 134 cm³/mol. The van der Waals surface area contributed by atoms with Gasteiger partial charge in [0, 0.05) is 52.1 Å². The number of aryl methyl sites for hydroxylation is 1. The van der Waals surface area contributed by atoms with Crippen LogP contribution >= 0.6 is 11.3 Å². The lowest BCUT2D eigenvalue weighted by molar-refractivity contribution is -0.133. The molecule has 1 amide bonds. The van der Waals surface area contributed by atoms with Gasteiger partial charge in [-0.25, -0.2) is 0 Å². The highest BCUT2D eigenvalue weighted by atomic mass is 32.1. The standard InChI is InChI=1S/C25H30N6O2S/c1-18(2)16-30-24(33)23-20(10-15-34-23)31-21(26-27-25(30)31)8-9-22(32)29-13-11-28(12-14-29)17-19-6-4-3-5-7-19/h3-7,10,15,18H,8-9,11-14,16-17H2,1-2H3.